The first-order valence-corrected chi connectivity index (χ1v) is 5.32. The number of carbonyl (C=O) groups is 2. The summed E-state index contributed by atoms with van der Waals surface area (Å²) in [5, 5.41) is 21.2. The summed E-state index contributed by atoms with van der Waals surface area (Å²) < 4.78 is 37.3. The van der Waals surface area contributed by atoms with E-state index in [9.17, 15) is 22.8 Å². The van der Waals surface area contributed by atoms with Crippen LogP contribution in [-0.2, 0) is 11.0 Å². The van der Waals surface area contributed by atoms with E-state index in [4.69, 9.17) is 10.2 Å². The van der Waals surface area contributed by atoms with Crippen LogP contribution in [0.1, 0.15) is 5.56 Å². The second kappa shape index (κ2) is 6.24. The lowest BCUT2D eigenvalue weighted by atomic mass is 10.2. The number of rotatable bonds is 4. The van der Waals surface area contributed by atoms with Crippen LogP contribution in [0.4, 0.5) is 23.7 Å². The number of carbonyl (C=O) groups excluding carboxylic acids is 1. The number of halogens is 3. The largest absolute Gasteiger partial charge is 0.480 e. The van der Waals surface area contributed by atoms with Crippen molar-refractivity contribution in [2.45, 2.75) is 12.2 Å². The Hall–Kier alpha value is -2.29. The second-order valence-electron chi connectivity index (χ2n) is 3.75. The van der Waals surface area contributed by atoms with Gasteiger partial charge in [-0.25, -0.2) is 9.59 Å². The van der Waals surface area contributed by atoms with Crippen LogP contribution in [-0.4, -0.2) is 34.9 Å². The van der Waals surface area contributed by atoms with Crippen LogP contribution in [0, 0.1) is 0 Å². The van der Waals surface area contributed by atoms with E-state index in [1.165, 1.54) is 6.07 Å². The van der Waals surface area contributed by atoms with Crippen molar-refractivity contribution in [1.82, 2.24) is 5.32 Å². The topological polar surface area (TPSA) is 98.7 Å². The minimum absolute atomic E-state index is 0.153. The summed E-state index contributed by atoms with van der Waals surface area (Å²) in [7, 11) is 0. The number of alkyl halides is 3. The molecule has 0 aliphatic carbocycles. The van der Waals surface area contributed by atoms with Crippen molar-refractivity contribution in [3.63, 3.8) is 0 Å². The van der Waals surface area contributed by atoms with Crippen LogP contribution in [0.5, 0.6) is 0 Å². The fourth-order valence-corrected chi connectivity index (χ4v) is 1.28. The molecule has 6 nitrogen and oxygen atoms in total. The lowest BCUT2D eigenvalue weighted by Crippen LogP contribution is -2.45. The molecule has 20 heavy (non-hydrogen) atoms. The van der Waals surface area contributed by atoms with Crippen molar-refractivity contribution in [2.75, 3.05) is 11.9 Å². The van der Waals surface area contributed by atoms with Gasteiger partial charge in [0, 0.05) is 5.69 Å². The Labute approximate surface area is 111 Å². The maximum Gasteiger partial charge on any atom is 0.416 e. The zero-order valence-electron chi connectivity index (χ0n) is 9.94. The predicted octanol–water partition coefficient (Wildman–Crippen LogP) is 1.27. The monoisotopic (exact) mass is 292 g/mol. The lowest BCUT2D eigenvalue weighted by molar-refractivity contribution is -0.140. The molecular formula is C11H11F3N2O4. The molecule has 0 unspecified atom stereocenters. The Kier molecular flexibility index (Phi) is 4.92. The maximum absolute atomic E-state index is 12.4. The predicted molar refractivity (Wildman–Crippen MR) is 62.1 cm³/mol. The molecule has 1 aromatic carbocycles. The molecule has 1 rings (SSSR count). The average molecular weight is 292 g/mol. The van der Waals surface area contributed by atoms with E-state index >= 15 is 0 Å². The summed E-state index contributed by atoms with van der Waals surface area (Å²) in [4.78, 5) is 21.9. The van der Waals surface area contributed by atoms with E-state index < -0.39 is 36.4 Å². The Balaban J connectivity index is 2.74. The molecule has 0 heterocycles. The van der Waals surface area contributed by atoms with Gasteiger partial charge in [0.2, 0.25) is 0 Å². The van der Waals surface area contributed by atoms with Gasteiger partial charge in [0.15, 0.2) is 6.04 Å². The number of benzene rings is 1. The zero-order chi connectivity index (χ0) is 15.3. The SMILES string of the molecule is O=C(Nc1cccc(C(F)(F)F)c1)N[C@H](CO)C(=O)O. The van der Waals surface area contributed by atoms with E-state index in [1.807, 2.05) is 10.6 Å². The molecule has 0 bridgehead atoms. The van der Waals surface area contributed by atoms with Gasteiger partial charge in [-0.3, -0.25) is 0 Å². The quantitative estimate of drug-likeness (QED) is 0.671. The third-order valence-electron chi connectivity index (χ3n) is 2.23. The molecule has 1 atom stereocenters. The highest BCUT2D eigenvalue weighted by molar-refractivity contribution is 5.92. The van der Waals surface area contributed by atoms with Gasteiger partial charge in [-0.1, -0.05) is 6.07 Å². The van der Waals surface area contributed by atoms with Gasteiger partial charge in [-0.2, -0.15) is 13.2 Å². The van der Waals surface area contributed by atoms with Gasteiger partial charge in [-0.05, 0) is 18.2 Å². The number of aliphatic carboxylic acids is 1. The van der Waals surface area contributed by atoms with Crippen LogP contribution in [0.15, 0.2) is 24.3 Å². The van der Waals surface area contributed by atoms with Crippen LogP contribution in [0.25, 0.3) is 0 Å². The maximum atomic E-state index is 12.4. The zero-order valence-corrected chi connectivity index (χ0v) is 9.94. The Morgan fingerprint density at radius 2 is 1.95 bits per heavy atom. The fourth-order valence-electron chi connectivity index (χ4n) is 1.28. The molecule has 0 aliphatic heterocycles. The van der Waals surface area contributed by atoms with Crippen LogP contribution in [0.2, 0.25) is 0 Å². The van der Waals surface area contributed by atoms with Crippen LogP contribution < -0.4 is 10.6 Å². The molecule has 0 radical (unpaired) electrons. The summed E-state index contributed by atoms with van der Waals surface area (Å²) in [6.45, 7) is -0.842. The number of aliphatic hydroxyl groups is 1. The number of amides is 2. The molecule has 2 amide bonds. The summed E-state index contributed by atoms with van der Waals surface area (Å²) in [6, 6.07) is 1.26. The van der Waals surface area contributed by atoms with Gasteiger partial charge < -0.3 is 20.8 Å². The molecule has 0 spiro atoms. The Morgan fingerprint density at radius 1 is 1.30 bits per heavy atom. The van der Waals surface area contributed by atoms with E-state index in [0.29, 0.717) is 6.07 Å². The van der Waals surface area contributed by atoms with E-state index in [0.717, 1.165) is 12.1 Å². The number of aliphatic hydroxyl groups excluding tert-OH is 1. The molecular weight excluding hydrogens is 281 g/mol. The van der Waals surface area contributed by atoms with Crippen molar-refractivity contribution < 1.29 is 33.0 Å². The van der Waals surface area contributed by atoms with Crippen LogP contribution >= 0.6 is 0 Å². The number of hydrogen-bond acceptors (Lipinski definition) is 3. The molecule has 1 aromatic rings. The summed E-state index contributed by atoms with van der Waals surface area (Å²) in [6.07, 6.45) is -4.55. The van der Waals surface area contributed by atoms with Gasteiger partial charge in [0.1, 0.15) is 0 Å². The number of anilines is 1. The molecule has 0 saturated heterocycles. The number of carboxylic acids is 1. The fraction of sp³-hybridized carbons (Fsp3) is 0.273. The van der Waals surface area contributed by atoms with Gasteiger partial charge in [0.05, 0.1) is 12.2 Å². The second-order valence-corrected chi connectivity index (χ2v) is 3.75. The highest BCUT2D eigenvalue weighted by atomic mass is 19.4. The standard InChI is InChI=1S/C11H11F3N2O4/c12-11(13,14)6-2-1-3-7(4-6)15-10(20)16-8(5-17)9(18)19/h1-4,8,17H,5H2,(H,18,19)(H2,15,16,20)/t8-/m1/s1. The molecule has 4 N–H and O–H groups in total. The first-order valence-electron chi connectivity index (χ1n) is 5.32. The highest BCUT2D eigenvalue weighted by Gasteiger charge is 2.30. The average Bonchev–Trinajstić information content (AvgIpc) is 2.34. The minimum Gasteiger partial charge on any atom is -0.480 e. The van der Waals surface area contributed by atoms with Gasteiger partial charge in [0.25, 0.3) is 0 Å². The summed E-state index contributed by atoms with van der Waals surface area (Å²) in [5.74, 6) is -1.47. The Bertz CT molecular complexity index is 505. The molecule has 0 fully saturated rings. The highest BCUT2D eigenvalue weighted by Crippen LogP contribution is 2.30. The smallest absolute Gasteiger partial charge is 0.416 e. The number of nitrogens with one attached hydrogen (secondary N) is 2. The first-order chi connectivity index (χ1) is 9.24. The van der Waals surface area contributed by atoms with Crippen molar-refractivity contribution in [2.24, 2.45) is 0 Å². The normalized spacial score (nSPS) is 12.6. The summed E-state index contributed by atoms with van der Waals surface area (Å²) >= 11 is 0. The van der Waals surface area contributed by atoms with Crippen molar-refractivity contribution in [3.05, 3.63) is 29.8 Å². The molecule has 0 aromatic heterocycles. The lowest BCUT2D eigenvalue weighted by Gasteiger charge is -2.13. The molecule has 110 valence electrons. The van der Waals surface area contributed by atoms with E-state index in [2.05, 4.69) is 0 Å². The Morgan fingerprint density at radius 3 is 2.45 bits per heavy atom. The molecule has 9 heteroatoms. The van der Waals surface area contributed by atoms with Crippen LogP contribution in [0.3, 0.4) is 0 Å². The van der Waals surface area contributed by atoms with E-state index in [1.54, 1.807) is 0 Å². The first kappa shape index (κ1) is 15.8. The number of hydrogen-bond donors (Lipinski definition) is 4. The molecule has 0 aliphatic rings. The van der Waals surface area contributed by atoms with Crippen molar-refractivity contribution in [1.29, 1.82) is 0 Å². The molecule has 0 saturated carbocycles. The minimum atomic E-state index is -4.55. The van der Waals surface area contributed by atoms with E-state index in [-0.39, 0.29) is 5.69 Å². The van der Waals surface area contributed by atoms with Crippen molar-refractivity contribution in [3.8, 4) is 0 Å². The number of carboxylic acid groups (broad SMARTS) is 1. The van der Waals surface area contributed by atoms with Crippen molar-refractivity contribution >= 4 is 17.7 Å². The number of urea groups is 1. The third-order valence-corrected chi connectivity index (χ3v) is 2.23. The third kappa shape index (κ3) is 4.43. The summed E-state index contributed by atoms with van der Waals surface area (Å²) in [5.41, 5.74) is -1.10. The van der Waals surface area contributed by atoms with Gasteiger partial charge >= 0.3 is 18.2 Å². The van der Waals surface area contributed by atoms with Gasteiger partial charge in [-0.15, -0.1) is 0 Å².